The summed E-state index contributed by atoms with van der Waals surface area (Å²) in [5.41, 5.74) is 0.315. The Morgan fingerprint density at radius 3 is 2.44 bits per heavy atom. The quantitative estimate of drug-likeness (QED) is 0.802. The van der Waals surface area contributed by atoms with Gasteiger partial charge in [0.05, 0.1) is 5.02 Å². The smallest absolute Gasteiger partial charge is 0.244 e. The number of carbonyl (C=O) groups excluding carboxylic acids is 1. The molecule has 1 heterocycles. The number of hydrogen-bond acceptors (Lipinski definition) is 3. The van der Waals surface area contributed by atoms with E-state index in [-0.39, 0.29) is 9.92 Å². The Morgan fingerprint density at radius 1 is 1.17 bits per heavy atom. The summed E-state index contributed by atoms with van der Waals surface area (Å²) in [6.07, 6.45) is 3.40. The summed E-state index contributed by atoms with van der Waals surface area (Å²) >= 11 is 5.94. The Hall–Kier alpha value is -0.910. The van der Waals surface area contributed by atoms with E-state index in [4.69, 9.17) is 11.6 Å². The molecule has 0 radical (unpaired) electrons. The van der Waals surface area contributed by atoms with Gasteiger partial charge < -0.3 is 0 Å². The zero-order valence-corrected chi connectivity index (χ0v) is 11.4. The fourth-order valence-electron chi connectivity index (χ4n) is 2.04. The lowest BCUT2D eigenvalue weighted by Gasteiger charge is -2.26. The fourth-order valence-corrected chi connectivity index (χ4v) is 4.06. The zero-order chi connectivity index (χ0) is 13.2. The molecule has 0 aromatic heterocycles. The molecular weight excluding hydrogens is 274 g/mol. The zero-order valence-electron chi connectivity index (χ0n) is 9.80. The van der Waals surface area contributed by atoms with Gasteiger partial charge in [0.2, 0.25) is 10.0 Å². The van der Waals surface area contributed by atoms with Gasteiger partial charge in [-0.3, -0.25) is 4.79 Å². The highest BCUT2D eigenvalue weighted by Gasteiger charge is 2.28. The first-order valence-corrected chi connectivity index (χ1v) is 7.62. The van der Waals surface area contributed by atoms with Gasteiger partial charge in [-0.05, 0) is 25.0 Å². The van der Waals surface area contributed by atoms with Crippen molar-refractivity contribution in [1.29, 1.82) is 0 Å². The van der Waals surface area contributed by atoms with Crippen LogP contribution in [0.15, 0.2) is 23.1 Å². The second-order valence-corrected chi connectivity index (χ2v) is 6.59. The maximum Gasteiger partial charge on any atom is 0.244 e. The van der Waals surface area contributed by atoms with Crippen LogP contribution in [0.5, 0.6) is 0 Å². The van der Waals surface area contributed by atoms with Crippen molar-refractivity contribution >= 4 is 27.9 Å². The van der Waals surface area contributed by atoms with Crippen molar-refractivity contribution in [1.82, 2.24) is 4.31 Å². The molecule has 2 rings (SSSR count). The molecule has 0 spiro atoms. The van der Waals surface area contributed by atoms with Crippen LogP contribution in [-0.2, 0) is 10.0 Å². The molecule has 1 aliphatic rings. The van der Waals surface area contributed by atoms with E-state index in [1.54, 1.807) is 0 Å². The van der Waals surface area contributed by atoms with E-state index >= 15 is 0 Å². The third-order valence-electron chi connectivity index (χ3n) is 3.02. The minimum Gasteiger partial charge on any atom is -0.298 e. The number of benzene rings is 1. The van der Waals surface area contributed by atoms with Gasteiger partial charge in [-0.2, -0.15) is 4.31 Å². The van der Waals surface area contributed by atoms with Crippen LogP contribution in [0.3, 0.4) is 0 Å². The van der Waals surface area contributed by atoms with Crippen LogP contribution in [-0.4, -0.2) is 32.1 Å². The standard InChI is InChI=1S/C12H14ClNO3S/c13-11-5-4-10(9-15)8-12(11)18(16,17)14-6-2-1-3-7-14/h4-5,8-9H,1-3,6-7H2. The third kappa shape index (κ3) is 2.58. The normalized spacial score (nSPS) is 17.6. The highest BCUT2D eigenvalue weighted by atomic mass is 35.5. The van der Waals surface area contributed by atoms with Gasteiger partial charge in [-0.25, -0.2) is 8.42 Å². The van der Waals surface area contributed by atoms with E-state index in [2.05, 4.69) is 0 Å². The average molecular weight is 288 g/mol. The molecule has 0 atom stereocenters. The van der Waals surface area contributed by atoms with Gasteiger partial charge in [-0.1, -0.05) is 24.1 Å². The van der Waals surface area contributed by atoms with Gasteiger partial charge in [0.25, 0.3) is 0 Å². The first-order chi connectivity index (χ1) is 8.55. The summed E-state index contributed by atoms with van der Waals surface area (Å²) in [6, 6.07) is 4.28. The van der Waals surface area contributed by atoms with Crippen molar-refractivity contribution in [2.75, 3.05) is 13.1 Å². The van der Waals surface area contributed by atoms with Crippen LogP contribution in [0, 0.1) is 0 Å². The highest BCUT2D eigenvalue weighted by Crippen LogP contribution is 2.27. The molecule has 18 heavy (non-hydrogen) atoms. The molecule has 1 fully saturated rings. The van der Waals surface area contributed by atoms with E-state index in [0.29, 0.717) is 24.9 Å². The van der Waals surface area contributed by atoms with Crippen molar-refractivity contribution in [3.05, 3.63) is 28.8 Å². The molecule has 98 valence electrons. The Bertz CT molecular complexity index is 550. The Labute approximate surface area is 112 Å². The van der Waals surface area contributed by atoms with Crippen LogP contribution < -0.4 is 0 Å². The number of piperidine rings is 1. The Balaban J connectivity index is 2.42. The number of aldehydes is 1. The SMILES string of the molecule is O=Cc1ccc(Cl)c(S(=O)(=O)N2CCCCC2)c1. The molecule has 1 aromatic rings. The second-order valence-electron chi connectivity index (χ2n) is 4.27. The summed E-state index contributed by atoms with van der Waals surface area (Å²) in [7, 11) is -3.58. The van der Waals surface area contributed by atoms with E-state index in [0.717, 1.165) is 19.3 Å². The Kier molecular flexibility index (Phi) is 4.04. The third-order valence-corrected chi connectivity index (χ3v) is 5.40. The number of sulfonamides is 1. The summed E-state index contributed by atoms with van der Waals surface area (Å²) in [5.74, 6) is 0. The summed E-state index contributed by atoms with van der Waals surface area (Å²) < 4.78 is 26.2. The van der Waals surface area contributed by atoms with Crippen LogP contribution in [0.4, 0.5) is 0 Å². The predicted octanol–water partition coefficient (Wildman–Crippen LogP) is 2.33. The maximum absolute atomic E-state index is 12.4. The molecule has 1 aromatic carbocycles. The second kappa shape index (κ2) is 5.38. The van der Waals surface area contributed by atoms with E-state index < -0.39 is 10.0 Å². The number of nitrogens with zero attached hydrogens (tertiary/aromatic N) is 1. The van der Waals surface area contributed by atoms with Gasteiger partial charge in [0, 0.05) is 18.7 Å². The van der Waals surface area contributed by atoms with Gasteiger partial charge in [0.1, 0.15) is 11.2 Å². The van der Waals surface area contributed by atoms with Crippen LogP contribution in [0.2, 0.25) is 5.02 Å². The molecule has 4 nitrogen and oxygen atoms in total. The first-order valence-electron chi connectivity index (χ1n) is 5.80. The maximum atomic E-state index is 12.4. The molecule has 0 amide bonds. The molecule has 0 unspecified atom stereocenters. The van der Waals surface area contributed by atoms with Gasteiger partial charge in [0.15, 0.2) is 0 Å². The molecule has 1 saturated heterocycles. The Morgan fingerprint density at radius 2 is 1.83 bits per heavy atom. The monoisotopic (exact) mass is 287 g/mol. The van der Waals surface area contributed by atoms with Crippen molar-refractivity contribution in [2.24, 2.45) is 0 Å². The number of carbonyl (C=O) groups is 1. The molecule has 0 N–H and O–H groups in total. The van der Waals surface area contributed by atoms with E-state index in [1.165, 1.54) is 22.5 Å². The van der Waals surface area contributed by atoms with Gasteiger partial charge >= 0.3 is 0 Å². The minimum atomic E-state index is -3.58. The number of hydrogen-bond donors (Lipinski definition) is 0. The molecule has 0 saturated carbocycles. The van der Waals surface area contributed by atoms with Gasteiger partial charge in [-0.15, -0.1) is 0 Å². The molecule has 1 aliphatic heterocycles. The summed E-state index contributed by atoms with van der Waals surface area (Å²) in [5, 5.41) is 0.158. The van der Waals surface area contributed by atoms with Crippen molar-refractivity contribution < 1.29 is 13.2 Å². The van der Waals surface area contributed by atoms with E-state index in [1.807, 2.05) is 0 Å². The van der Waals surface area contributed by atoms with Crippen molar-refractivity contribution in [3.8, 4) is 0 Å². The molecular formula is C12H14ClNO3S. The minimum absolute atomic E-state index is 0.0238. The lowest BCUT2D eigenvalue weighted by molar-refractivity contribution is 0.112. The highest BCUT2D eigenvalue weighted by molar-refractivity contribution is 7.89. The number of halogens is 1. The first kappa shape index (κ1) is 13.5. The van der Waals surface area contributed by atoms with Crippen LogP contribution in [0.1, 0.15) is 29.6 Å². The largest absolute Gasteiger partial charge is 0.298 e. The number of rotatable bonds is 3. The average Bonchev–Trinajstić information content (AvgIpc) is 2.40. The lowest BCUT2D eigenvalue weighted by atomic mass is 10.2. The summed E-state index contributed by atoms with van der Waals surface area (Å²) in [4.78, 5) is 10.7. The van der Waals surface area contributed by atoms with Crippen molar-refractivity contribution in [3.63, 3.8) is 0 Å². The molecule has 0 bridgehead atoms. The summed E-state index contributed by atoms with van der Waals surface area (Å²) in [6.45, 7) is 1.04. The van der Waals surface area contributed by atoms with Crippen LogP contribution >= 0.6 is 11.6 Å². The van der Waals surface area contributed by atoms with Crippen molar-refractivity contribution in [2.45, 2.75) is 24.2 Å². The molecule has 0 aliphatic carbocycles. The van der Waals surface area contributed by atoms with Crippen LogP contribution in [0.25, 0.3) is 0 Å². The topological polar surface area (TPSA) is 54.5 Å². The van der Waals surface area contributed by atoms with E-state index in [9.17, 15) is 13.2 Å². The predicted molar refractivity (Wildman–Crippen MR) is 69.4 cm³/mol. The lowest BCUT2D eigenvalue weighted by Crippen LogP contribution is -2.35. The fraction of sp³-hybridized carbons (Fsp3) is 0.417. The molecule has 6 heteroatoms.